The fraction of sp³-hybridized carbons (Fsp3) is 0.524. The van der Waals surface area contributed by atoms with Crippen LogP contribution in [0.1, 0.15) is 31.2 Å². The lowest BCUT2D eigenvalue weighted by Crippen LogP contribution is -2.39. The van der Waals surface area contributed by atoms with Crippen molar-refractivity contribution in [2.24, 2.45) is 0 Å². The first-order chi connectivity index (χ1) is 13.7. The Balaban J connectivity index is 1.31. The van der Waals surface area contributed by atoms with Crippen LogP contribution in [0.25, 0.3) is 0 Å². The lowest BCUT2D eigenvalue weighted by molar-refractivity contribution is 0.209. The molecule has 2 fully saturated rings. The van der Waals surface area contributed by atoms with Crippen LogP contribution in [0.15, 0.2) is 36.7 Å². The molecule has 1 aromatic carbocycles. The second-order valence-electron chi connectivity index (χ2n) is 7.72. The summed E-state index contributed by atoms with van der Waals surface area (Å²) in [5.41, 5.74) is 0.762. The normalized spacial score (nSPS) is 21.2. The maximum Gasteiger partial charge on any atom is 0.134 e. The zero-order valence-corrected chi connectivity index (χ0v) is 16.1. The largest absolute Gasteiger partial charge is 0.394 e. The number of likely N-dealkylation sites (tertiary alicyclic amines) is 1. The predicted octanol–water partition coefficient (Wildman–Crippen LogP) is 2.65. The van der Waals surface area contributed by atoms with Gasteiger partial charge in [0.2, 0.25) is 0 Å². The Kier molecular flexibility index (Phi) is 6.02. The molecule has 2 saturated heterocycles. The van der Waals surface area contributed by atoms with Gasteiger partial charge in [0.15, 0.2) is 0 Å². The van der Waals surface area contributed by atoms with Gasteiger partial charge in [-0.3, -0.25) is 4.90 Å². The molecule has 0 bridgehead atoms. The first-order valence-electron chi connectivity index (χ1n) is 10.1. The number of nitrogens with zero attached hydrogens (tertiary/aromatic N) is 4. The van der Waals surface area contributed by atoms with E-state index in [0.29, 0.717) is 12.6 Å². The van der Waals surface area contributed by atoms with Gasteiger partial charge in [0.05, 0.1) is 12.6 Å². The van der Waals surface area contributed by atoms with Gasteiger partial charge in [-0.05, 0) is 31.7 Å². The van der Waals surface area contributed by atoms with E-state index >= 15 is 0 Å². The average Bonchev–Trinajstić information content (AvgIpc) is 3.20. The maximum absolute atomic E-state index is 13.9. The Bertz CT molecular complexity index is 781. The first-order valence-corrected chi connectivity index (χ1v) is 10.1. The molecule has 28 heavy (non-hydrogen) atoms. The standard InChI is InChI=1S/C21H28FN5O/c22-19-6-2-1-4-16(19)13-26-10-7-17(8-11-26)25-20-12-21(24-15-23-20)27-9-3-5-18(27)14-28/h1-2,4,6,12,15,17-18,28H,3,5,7-11,13-14H2,(H,23,24,25). The van der Waals surface area contributed by atoms with Gasteiger partial charge >= 0.3 is 0 Å². The number of anilines is 2. The molecule has 2 N–H and O–H groups in total. The number of nitrogens with one attached hydrogen (secondary N) is 1. The van der Waals surface area contributed by atoms with Crippen LogP contribution >= 0.6 is 0 Å². The summed E-state index contributed by atoms with van der Waals surface area (Å²) in [6.07, 6.45) is 5.67. The van der Waals surface area contributed by atoms with Crippen LogP contribution < -0.4 is 10.2 Å². The highest BCUT2D eigenvalue weighted by Gasteiger charge is 2.26. The smallest absolute Gasteiger partial charge is 0.134 e. The highest BCUT2D eigenvalue weighted by Crippen LogP contribution is 2.25. The second-order valence-corrected chi connectivity index (χ2v) is 7.72. The van der Waals surface area contributed by atoms with Crippen LogP contribution in [-0.4, -0.2) is 58.3 Å². The molecule has 1 aromatic heterocycles. The van der Waals surface area contributed by atoms with E-state index in [2.05, 4.69) is 25.1 Å². The molecule has 2 aliphatic heterocycles. The highest BCUT2D eigenvalue weighted by atomic mass is 19.1. The van der Waals surface area contributed by atoms with Crippen LogP contribution in [0.2, 0.25) is 0 Å². The fourth-order valence-electron chi connectivity index (χ4n) is 4.22. The molecule has 0 amide bonds. The number of rotatable bonds is 6. The van der Waals surface area contributed by atoms with Crippen molar-refractivity contribution in [3.8, 4) is 0 Å². The molecule has 0 aliphatic carbocycles. The molecule has 1 unspecified atom stereocenters. The van der Waals surface area contributed by atoms with Gasteiger partial charge in [-0.15, -0.1) is 0 Å². The molecule has 2 aliphatic rings. The summed E-state index contributed by atoms with van der Waals surface area (Å²) in [7, 11) is 0. The first kappa shape index (κ1) is 19.1. The van der Waals surface area contributed by atoms with Crippen molar-refractivity contribution in [2.45, 2.75) is 44.3 Å². The summed E-state index contributed by atoms with van der Waals surface area (Å²) in [5.74, 6) is 1.59. The molecular formula is C21H28FN5O. The number of aromatic nitrogens is 2. The predicted molar refractivity (Wildman–Crippen MR) is 108 cm³/mol. The number of hydrogen-bond acceptors (Lipinski definition) is 6. The van der Waals surface area contributed by atoms with Crippen LogP contribution in [0, 0.1) is 5.82 Å². The Morgan fingerprint density at radius 2 is 1.93 bits per heavy atom. The average molecular weight is 385 g/mol. The molecular weight excluding hydrogens is 357 g/mol. The van der Waals surface area contributed by atoms with E-state index in [9.17, 15) is 9.50 Å². The van der Waals surface area contributed by atoms with Crippen LogP contribution in [0.4, 0.5) is 16.0 Å². The molecule has 3 heterocycles. The van der Waals surface area contributed by atoms with Crippen LogP contribution in [0.5, 0.6) is 0 Å². The van der Waals surface area contributed by atoms with E-state index < -0.39 is 0 Å². The summed E-state index contributed by atoms with van der Waals surface area (Å²) < 4.78 is 13.9. The summed E-state index contributed by atoms with van der Waals surface area (Å²) in [5, 5.41) is 13.1. The third kappa shape index (κ3) is 4.42. The molecule has 2 aromatic rings. The summed E-state index contributed by atoms with van der Waals surface area (Å²) in [6, 6.07) is 9.51. The third-order valence-corrected chi connectivity index (χ3v) is 5.83. The van der Waals surface area contributed by atoms with Gasteiger partial charge in [-0.25, -0.2) is 14.4 Å². The summed E-state index contributed by atoms with van der Waals surface area (Å²) >= 11 is 0. The third-order valence-electron chi connectivity index (χ3n) is 5.83. The molecule has 0 radical (unpaired) electrons. The van der Waals surface area contributed by atoms with E-state index in [1.807, 2.05) is 18.2 Å². The van der Waals surface area contributed by atoms with Gasteiger partial charge in [-0.1, -0.05) is 18.2 Å². The topological polar surface area (TPSA) is 64.5 Å². The van der Waals surface area contributed by atoms with Gasteiger partial charge in [0.1, 0.15) is 23.8 Å². The monoisotopic (exact) mass is 385 g/mol. The van der Waals surface area contributed by atoms with Crippen molar-refractivity contribution >= 4 is 11.6 Å². The summed E-state index contributed by atoms with van der Waals surface area (Å²) in [4.78, 5) is 13.3. The van der Waals surface area contributed by atoms with Crippen molar-refractivity contribution < 1.29 is 9.50 Å². The number of aliphatic hydroxyl groups is 1. The van der Waals surface area contributed by atoms with Gasteiger partial charge in [0, 0.05) is 43.9 Å². The van der Waals surface area contributed by atoms with Crippen molar-refractivity contribution in [2.75, 3.05) is 36.5 Å². The minimum atomic E-state index is -0.126. The van der Waals surface area contributed by atoms with E-state index in [-0.39, 0.29) is 18.5 Å². The fourth-order valence-corrected chi connectivity index (χ4v) is 4.22. The SMILES string of the molecule is OCC1CCCN1c1cc(NC2CCN(Cc3ccccc3F)CC2)ncn1. The number of piperidine rings is 1. The van der Waals surface area contributed by atoms with Crippen LogP contribution in [0.3, 0.4) is 0 Å². The van der Waals surface area contributed by atoms with E-state index in [4.69, 9.17) is 0 Å². The quantitative estimate of drug-likeness (QED) is 0.797. The molecule has 150 valence electrons. The second kappa shape index (κ2) is 8.84. The zero-order chi connectivity index (χ0) is 19.3. The Morgan fingerprint density at radius 1 is 1.11 bits per heavy atom. The summed E-state index contributed by atoms with van der Waals surface area (Å²) in [6.45, 7) is 3.61. The van der Waals surface area contributed by atoms with Gasteiger partial charge in [0.25, 0.3) is 0 Å². The maximum atomic E-state index is 13.9. The van der Waals surface area contributed by atoms with E-state index in [1.165, 1.54) is 6.07 Å². The minimum Gasteiger partial charge on any atom is -0.394 e. The lowest BCUT2D eigenvalue weighted by atomic mass is 10.0. The lowest BCUT2D eigenvalue weighted by Gasteiger charge is -2.33. The Hall–Kier alpha value is -2.25. The molecule has 7 heteroatoms. The van der Waals surface area contributed by atoms with Gasteiger partial charge < -0.3 is 15.3 Å². The van der Waals surface area contributed by atoms with E-state index in [0.717, 1.165) is 62.5 Å². The molecule has 6 nitrogen and oxygen atoms in total. The molecule has 0 saturated carbocycles. The zero-order valence-electron chi connectivity index (χ0n) is 16.1. The number of aliphatic hydroxyl groups excluding tert-OH is 1. The molecule has 0 spiro atoms. The number of halogens is 1. The van der Waals surface area contributed by atoms with E-state index in [1.54, 1.807) is 12.4 Å². The van der Waals surface area contributed by atoms with Crippen molar-refractivity contribution in [3.05, 3.63) is 48.0 Å². The van der Waals surface area contributed by atoms with Crippen molar-refractivity contribution in [1.82, 2.24) is 14.9 Å². The highest BCUT2D eigenvalue weighted by molar-refractivity contribution is 5.50. The number of benzene rings is 1. The van der Waals surface area contributed by atoms with Crippen LogP contribution in [-0.2, 0) is 6.54 Å². The molecule has 4 rings (SSSR count). The Labute approximate surface area is 165 Å². The molecule has 1 atom stereocenters. The Morgan fingerprint density at radius 3 is 2.71 bits per heavy atom. The van der Waals surface area contributed by atoms with Crippen molar-refractivity contribution in [3.63, 3.8) is 0 Å². The van der Waals surface area contributed by atoms with Gasteiger partial charge in [-0.2, -0.15) is 0 Å². The minimum absolute atomic E-state index is 0.126. The number of hydrogen-bond donors (Lipinski definition) is 2. The van der Waals surface area contributed by atoms with Crippen molar-refractivity contribution in [1.29, 1.82) is 0 Å².